The van der Waals surface area contributed by atoms with Crippen LogP contribution in [0.2, 0.25) is 0 Å². The Hall–Kier alpha value is -3.26. The fourth-order valence-corrected chi connectivity index (χ4v) is 3.19. The molecule has 0 amide bonds. The molecule has 1 aliphatic heterocycles. The highest BCUT2D eigenvalue weighted by Crippen LogP contribution is 2.24. The Morgan fingerprint density at radius 3 is 2.81 bits per heavy atom. The summed E-state index contributed by atoms with van der Waals surface area (Å²) in [7, 11) is 0. The molecule has 3 aromatic rings. The maximum atomic E-state index is 14.0. The smallest absolute Gasteiger partial charge is 0.269 e. The number of halogens is 1. The van der Waals surface area contributed by atoms with Crippen molar-refractivity contribution < 1.29 is 9.31 Å². The minimum absolute atomic E-state index is 0.103. The molecule has 0 N–H and O–H groups in total. The van der Waals surface area contributed by atoms with Gasteiger partial charge in [0.15, 0.2) is 5.82 Å². The van der Waals surface area contributed by atoms with Crippen LogP contribution in [-0.2, 0) is 19.5 Å². The number of fused-ring (bicyclic) bond motifs is 1. The van der Waals surface area contributed by atoms with Crippen LogP contribution in [0.25, 0.3) is 11.4 Å². The molecule has 27 heavy (non-hydrogen) atoms. The summed E-state index contributed by atoms with van der Waals surface area (Å²) >= 11 is 0. The average Bonchev–Trinajstić information content (AvgIpc) is 2.69. The van der Waals surface area contributed by atoms with Gasteiger partial charge in [-0.1, -0.05) is 0 Å². The molecule has 0 saturated heterocycles. The standard InChI is InChI=1S/C19H16FN5O2/c20-17-2-1-16(25(26)27)9-14(17)11-24-8-5-18-15(12-24)10-22-19(23-18)13-3-6-21-7-4-13/h1-4,6-7,9-10H,5,8,11-12H2. The Balaban J connectivity index is 1.52. The van der Waals surface area contributed by atoms with E-state index in [1.165, 1.54) is 12.1 Å². The predicted molar refractivity (Wildman–Crippen MR) is 96.1 cm³/mol. The molecule has 0 fully saturated rings. The van der Waals surface area contributed by atoms with Crippen LogP contribution in [0.15, 0.2) is 48.9 Å². The first-order chi connectivity index (χ1) is 13.1. The van der Waals surface area contributed by atoms with E-state index in [2.05, 4.69) is 15.0 Å². The molecule has 0 atom stereocenters. The molecule has 0 aliphatic carbocycles. The van der Waals surface area contributed by atoms with E-state index < -0.39 is 10.7 Å². The monoisotopic (exact) mass is 365 g/mol. The number of hydrogen-bond acceptors (Lipinski definition) is 6. The highest BCUT2D eigenvalue weighted by Gasteiger charge is 2.21. The molecular weight excluding hydrogens is 349 g/mol. The Kier molecular flexibility index (Phi) is 4.55. The predicted octanol–water partition coefficient (Wildman–Crippen LogP) is 3.14. The van der Waals surface area contributed by atoms with Gasteiger partial charge in [0.2, 0.25) is 0 Å². The fraction of sp³-hybridized carbons (Fsp3) is 0.211. The first-order valence-electron chi connectivity index (χ1n) is 8.50. The number of nitro benzene ring substituents is 1. The summed E-state index contributed by atoms with van der Waals surface area (Å²) in [6.07, 6.45) is 5.92. The van der Waals surface area contributed by atoms with Crippen molar-refractivity contribution in [2.75, 3.05) is 6.54 Å². The molecule has 8 heteroatoms. The quantitative estimate of drug-likeness (QED) is 0.522. The highest BCUT2D eigenvalue weighted by molar-refractivity contribution is 5.54. The minimum Gasteiger partial charge on any atom is -0.294 e. The van der Waals surface area contributed by atoms with Crippen molar-refractivity contribution >= 4 is 5.69 Å². The molecule has 0 saturated carbocycles. The molecule has 1 aromatic carbocycles. The Morgan fingerprint density at radius 1 is 1.22 bits per heavy atom. The van der Waals surface area contributed by atoms with E-state index >= 15 is 0 Å². The van der Waals surface area contributed by atoms with Gasteiger partial charge in [-0.15, -0.1) is 0 Å². The first kappa shape index (κ1) is 17.2. The average molecular weight is 365 g/mol. The van der Waals surface area contributed by atoms with Crippen LogP contribution < -0.4 is 0 Å². The van der Waals surface area contributed by atoms with Gasteiger partial charge in [0.05, 0.1) is 10.6 Å². The Bertz CT molecular complexity index is 997. The van der Waals surface area contributed by atoms with Crippen molar-refractivity contribution in [3.8, 4) is 11.4 Å². The molecular formula is C19H16FN5O2. The third kappa shape index (κ3) is 3.65. The molecule has 136 valence electrons. The van der Waals surface area contributed by atoms with E-state index in [0.29, 0.717) is 37.4 Å². The van der Waals surface area contributed by atoms with Gasteiger partial charge in [-0.3, -0.25) is 20.0 Å². The van der Waals surface area contributed by atoms with Gasteiger partial charge in [0, 0.05) is 73.5 Å². The molecule has 0 spiro atoms. The van der Waals surface area contributed by atoms with Crippen molar-refractivity contribution in [3.63, 3.8) is 0 Å². The summed E-state index contributed by atoms with van der Waals surface area (Å²) in [4.78, 5) is 25.5. The van der Waals surface area contributed by atoms with Gasteiger partial charge in [-0.25, -0.2) is 14.4 Å². The topological polar surface area (TPSA) is 85.0 Å². The summed E-state index contributed by atoms with van der Waals surface area (Å²) in [5, 5.41) is 10.9. The lowest BCUT2D eigenvalue weighted by Gasteiger charge is -2.28. The third-order valence-electron chi connectivity index (χ3n) is 4.59. The van der Waals surface area contributed by atoms with Gasteiger partial charge < -0.3 is 0 Å². The second-order valence-corrected chi connectivity index (χ2v) is 6.39. The summed E-state index contributed by atoms with van der Waals surface area (Å²) in [6.45, 7) is 1.58. The first-order valence-corrected chi connectivity index (χ1v) is 8.50. The fourth-order valence-electron chi connectivity index (χ4n) is 3.19. The molecule has 7 nitrogen and oxygen atoms in total. The number of benzene rings is 1. The van der Waals surface area contributed by atoms with Gasteiger partial charge in [-0.05, 0) is 18.2 Å². The maximum absolute atomic E-state index is 14.0. The largest absolute Gasteiger partial charge is 0.294 e. The van der Waals surface area contributed by atoms with E-state index in [-0.39, 0.29) is 5.69 Å². The van der Waals surface area contributed by atoms with Crippen molar-refractivity contribution in [2.24, 2.45) is 0 Å². The van der Waals surface area contributed by atoms with Crippen LogP contribution in [0.4, 0.5) is 10.1 Å². The zero-order chi connectivity index (χ0) is 18.8. The number of non-ortho nitro benzene ring substituents is 1. The molecule has 2 aromatic heterocycles. The van der Waals surface area contributed by atoms with E-state index in [4.69, 9.17) is 0 Å². The lowest BCUT2D eigenvalue weighted by atomic mass is 10.1. The van der Waals surface area contributed by atoms with Gasteiger partial charge >= 0.3 is 0 Å². The summed E-state index contributed by atoms with van der Waals surface area (Å²) < 4.78 is 14.0. The third-order valence-corrected chi connectivity index (χ3v) is 4.59. The molecule has 0 bridgehead atoms. The zero-order valence-corrected chi connectivity index (χ0v) is 14.4. The molecule has 0 radical (unpaired) electrons. The Labute approximate surface area is 154 Å². The van der Waals surface area contributed by atoms with Crippen LogP contribution in [0.3, 0.4) is 0 Å². The van der Waals surface area contributed by atoms with Gasteiger partial charge in [-0.2, -0.15) is 0 Å². The molecule has 0 unspecified atom stereocenters. The molecule has 3 heterocycles. The van der Waals surface area contributed by atoms with Crippen LogP contribution in [0.1, 0.15) is 16.8 Å². The highest BCUT2D eigenvalue weighted by atomic mass is 19.1. The second kappa shape index (κ2) is 7.16. The number of pyridine rings is 1. The van der Waals surface area contributed by atoms with Gasteiger partial charge in [0.1, 0.15) is 5.82 Å². The van der Waals surface area contributed by atoms with Crippen LogP contribution in [0.5, 0.6) is 0 Å². The summed E-state index contributed by atoms with van der Waals surface area (Å²) in [5.41, 5.74) is 3.10. The lowest BCUT2D eigenvalue weighted by Crippen LogP contribution is -2.31. The summed E-state index contributed by atoms with van der Waals surface area (Å²) in [5.74, 6) is 0.227. The lowest BCUT2D eigenvalue weighted by molar-refractivity contribution is -0.385. The SMILES string of the molecule is O=[N+]([O-])c1ccc(F)c(CN2CCc3nc(-c4ccncc4)ncc3C2)c1. The van der Waals surface area contributed by atoms with Crippen LogP contribution in [0, 0.1) is 15.9 Å². The number of rotatable bonds is 4. The number of nitrogens with zero attached hydrogens (tertiary/aromatic N) is 5. The number of nitro groups is 1. The Morgan fingerprint density at radius 2 is 2.04 bits per heavy atom. The van der Waals surface area contributed by atoms with Crippen LogP contribution in [-0.4, -0.2) is 31.3 Å². The van der Waals surface area contributed by atoms with Crippen molar-refractivity contribution in [2.45, 2.75) is 19.5 Å². The van der Waals surface area contributed by atoms with E-state index in [9.17, 15) is 14.5 Å². The van der Waals surface area contributed by atoms with Crippen molar-refractivity contribution in [1.29, 1.82) is 0 Å². The molecule has 4 rings (SSSR count). The van der Waals surface area contributed by atoms with Gasteiger partial charge in [0.25, 0.3) is 5.69 Å². The molecule has 1 aliphatic rings. The van der Waals surface area contributed by atoms with E-state index in [0.717, 1.165) is 22.9 Å². The van der Waals surface area contributed by atoms with E-state index in [1.54, 1.807) is 18.6 Å². The minimum atomic E-state index is -0.511. The van der Waals surface area contributed by atoms with Crippen LogP contribution >= 0.6 is 0 Å². The normalized spacial score (nSPS) is 14.0. The number of hydrogen-bond donors (Lipinski definition) is 0. The van der Waals surface area contributed by atoms with Crippen molar-refractivity contribution in [1.82, 2.24) is 19.9 Å². The number of aromatic nitrogens is 3. The van der Waals surface area contributed by atoms with Crippen molar-refractivity contribution in [3.05, 3.63) is 81.7 Å². The van der Waals surface area contributed by atoms with E-state index in [1.807, 2.05) is 17.0 Å². The zero-order valence-electron chi connectivity index (χ0n) is 14.4. The maximum Gasteiger partial charge on any atom is 0.269 e. The second-order valence-electron chi connectivity index (χ2n) is 6.39. The summed E-state index contributed by atoms with van der Waals surface area (Å²) in [6, 6.07) is 7.35.